The molecule has 2 amide bonds. The third-order valence-corrected chi connectivity index (χ3v) is 4.76. The first-order chi connectivity index (χ1) is 13.8. The number of pyridine rings is 1. The summed E-state index contributed by atoms with van der Waals surface area (Å²) >= 11 is 0. The van der Waals surface area contributed by atoms with E-state index in [1.165, 1.54) is 19.2 Å². The number of Topliss-reactive ketones (excluding diaryl/α,β-unsaturated/α-hetero) is 1. The number of ketones is 1. The van der Waals surface area contributed by atoms with Crippen molar-refractivity contribution in [1.29, 1.82) is 0 Å². The predicted molar refractivity (Wildman–Crippen MR) is 105 cm³/mol. The standard InChI is InChI=1S/C19H24N6O4/c1-4-24-8-13(9-24)25-10-15(16(23-25)17(20)27)22-18(28)14-6-12(11(3)26)7-21-19(14)29-5-2/h6-7,10,13H,4-5,8-9H2,1-3H3,(H2,20,27)(H,22,28). The number of anilines is 1. The van der Waals surface area contributed by atoms with Crippen LogP contribution in [0, 0.1) is 0 Å². The molecular formula is C19H24N6O4. The number of carbonyl (C=O) groups is 3. The first-order valence-corrected chi connectivity index (χ1v) is 9.40. The molecule has 0 atom stereocenters. The largest absolute Gasteiger partial charge is 0.477 e. The second-order valence-electron chi connectivity index (χ2n) is 6.76. The van der Waals surface area contributed by atoms with Crippen LogP contribution in [0.4, 0.5) is 5.69 Å². The number of nitrogens with two attached hydrogens (primary N) is 1. The smallest absolute Gasteiger partial charge is 0.271 e. The highest BCUT2D eigenvalue weighted by Crippen LogP contribution is 2.25. The molecule has 1 aliphatic heterocycles. The molecule has 154 valence electrons. The van der Waals surface area contributed by atoms with E-state index in [1.54, 1.807) is 17.8 Å². The number of rotatable bonds is 8. The number of hydrogen-bond acceptors (Lipinski definition) is 7. The molecule has 1 aliphatic rings. The van der Waals surface area contributed by atoms with E-state index >= 15 is 0 Å². The molecular weight excluding hydrogens is 376 g/mol. The average molecular weight is 400 g/mol. The van der Waals surface area contributed by atoms with E-state index in [2.05, 4.69) is 27.2 Å². The van der Waals surface area contributed by atoms with Crippen molar-refractivity contribution in [3.05, 3.63) is 35.3 Å². The number of primary amides is 1. The quantitative estimate of drug-likeness (QED) is 0.634. The molecule has 2 aromatic rings. The minimum Gasteiger partial charge on any atom is -0.477 e. The molecule has 3 rings (SSSR count). The second kappa shape index (κ2) is 8.39. The normalized spacial score (nSPS) is 14.3. The monoisotopic (exact) mass is 400 g/mol. The third kappa shape index (κ3) is 4.27. The van der Waals surface area contributed by atoms with Gasteiger partial charge in [0.1, 0.15) is 5.56 Å². The fourth-order valence-electron chi connectivity index (χ4n) is 3.07. The molecule has 0 unspecified atom stereocenters. The van der Waals surface area contributed by atoms with Gasteiger partial charge in [-0.25, -0.2) is 4.98 Å². The molecule has 1 fully saturated rings. The molecule has 3 heterocycles. The molecule has 0 aromatic carbocycles. The van der Waals surface area contributed by atoms with Gasteiger partial charge in [-0.05, 0) is 26.5 Å². The Bertz CT molecular complexity index is 948. The zero-order valence-electron chi connectivity index (χ0n) is 16.6. The number of amides is 2. The van der Waals surface area contributed by atoms with E-state index in [-0.39, 0.29) is 40.2 Å². The molecule has 1 saturated heterocycles. The molecule has 0 aliphatic carbocycles. The minimum absolute atomic E-state index is 0.0260. The van der Waals surface area contributed by atoms with Crippen molar-refractivity contribution in [2.24, 2.45) is 5.73 Å². The van der Waals surface area contributed by atoms with Crippen molar-refractivity contribution in [2.45, 2.75) is 26.8 Å². The number of likely N-dealkylation sites (tertiary alicyclic amines) is 1. The zero-order chi connectivity index (χ0) is 21.1. The lowest BCUT2D eigenvalue weighted by Gasteiger charge is -2.38. The summed E-state index contributed by atoms with van der Waals surface area (Å²) < 4.78 is 7.05. The molecule has 3 N–H and O–H groups in total. The van der Waals surface area contributed by atoms with Gasteiger partial charge in [-0.15, -0.1) is 0 Å². The lowest BCUT2D eigenvalue weighted by atomic mass is 10.1. The Morgan fingerprint density at radius 3 is 2.62 bits per heavy atom. The Morgan fingerprint density at radius 1 is 1.31 bits per heavy atom. The molecule has 29 heavy (non-hydrogen) atoms. The fourth-order valence-corrected chi connectivity index (χ4v) is 3.07. The molecule has 0 radical (unpaired) electrons. The SMILES string of the molecule is CCOc1ncc(C(C)=O)cc1C(=O)Nc1cn(C2CN(CC)C2)nc1C(N)=O. The Balaban J connectivity index is 1.88. The van der Waals surface area contributed by atoms with E-state index in [1.807, 2.05) is 0 Å². The number of ether oxygens (including phenoxy) is 1. The van der Waals surface area contributed by atoms with Crippen LogP contribution in [0.1, 0.15) is 58.0 Å². The first kappa shape index (κ1) is 20.5. The van der Waals surface area contributed by atoms with Crippen LogP contribution < -0.4 is 15.8 Å². The molecule has 10 nitrogen and oxygen atoms in total. The number of nitrogens with zero attached hydrogens (tertiary/aromatic N) is 4. The number of aromatic nitrogens is 3. The maximum atomic E-state index is 12.9. The van der Waals surface area contributed by atoms with Crippen molar-refractivity contribution in [3.8, 4) is 5.88 Å². The van der Waals surface area contributed by atoms with E-state index in [9.17, 15) is 14.4 Å². The van der Waals surface area contributed by atoms with Crippen molar-refractivity contribution in [2.75, 3.05) is 31.6 Å². The number of nitrogens with one attached hydrogen (secondary N) is 1. The molecule has 0 bridgehead atoms. The second-order valence-corrected chi connectivity index (χ2v) is 6.76. The summed E-state index contributed by atoms with van der Waals surface area (Å²) in [5.41, 5.74) is 5.98. The molecule has 0 spiro atoms. The summed E-state index contributed by atoms with van der Waals surface area (Å²) in [6.07, 6.45) is 2.95. The third-order valence-electron chi connectivity index (χ3n) is 4.76. The number of carbonyl (C=O) groups excluding carboxylic acids is 3. The van der Waals surface area contributed by atoms with Crippen LogP contribution in [-0.2, 0) is 0 Å². The average Bonchev–Trinajstić information content (AvgIpc) is 3.04. The van der Waals surface area contributed by atoms with Gasteiger partial charge in [-0.2, -0.15) is 5.10 Å². The summed E-state index contributed by atoms with van der Waals surface area (Å²) in [7, 11) is 0. The van der Waals surface area contributed by atoms with Crippen LogP contribution in [0.2, 0.25) is 0 Å². The van der Waals surface area contributed by atoms with E-state index in [0.29, 0.717) is 6.61 Å². The highest BCUT2D eigenvalue weighted by atomic mass is 16.5. The number of likely N-dealkylation sites (N-methyl/N-ethyl adjacent to an activating group) is 1. The van der Waals surface area contributed by atoms with Crippen LogP contribution >= 0.6 is 0 Å². The van der Waals surface area contributed by atoms with E-state index < -0.39 is 11.8 Å². The van der Waals surface area contributed by atoms with Gasteiger partial charge in [0.2, 0.25) is 5.88 Å². The molecule has 2 aromatic heterocycles. The highest BCUT2D eigenvalue weighted by molar-refractivity contribution is 6.10. The summed E-state index contributed by atoms with van der Waals surface area (Å²) in [6, 6.07) is 1.52. The van der Waals surface area contributed by atoms with E-state index in [0.717, 1.165) is 19.6 Å². The zero-order valence-corrected chi connectivity index (χ0v) is 16.6. The highest BCUT2D eigenvalue weighted by Gasteiger charge is 2.29. The van der Waals surface area contributed by atoms with Gasteiger partial charge in [0.15, 0.2) is 11.5 Å². The summed E-state index contributed by atoms with van der Waals surface area (Å²) in [4.78, 5) is 42.7. The molecule has 0 saturated carbocycles. The van der Waals surface area contributed by atoms with Crippen molar-refractivity contribution in [3.63, 3.8) is 0 Å². The lowest BCUT2D eigenvalue weighted by molar-refractivity contribution is 0.0972. The minimum atomic E-state index is -0.744. The Morgan fingerprint density at radius 2 is 2.03 bits per heavy atom. The van der Waals surface area contributed by atoms with Crippen molar-refractivity contribution < 1.29 is 19.1 Å². The lowest BCUT2D eigenvalue weighted by Crippen LogP contribution is -2.47. The Labute approximate surface area is 168 Å². The summed E-state index contributed by atoms with van der Waals surface area (Å²) in [6.45, 7) is 8.06. The number of hydrogen-bond donors (Lipinski definition) is 2. The Hall–Kier alpha value is -3.27. The Kier molecular flexibility index (Phi) is 5.92. The van der Waals surface area contributed by atoms with Gasteiger partial charge in [0.25, 0.3) is 11.8 Å². The fraction of sp³-hybridized carbons (Fsp3) is 0.421. The van der Waals surface area contributed by atoms with Crippen LogP contribution in [0.15, 0.2) is 18.5 Å². The van der Waals surface area contributed by atoms with Crippen LogP contribution in [0.5, 0.6) is 5.88 Å². The van der Waals surface area contributed by atoms with Crippen molar-refractivity contribution in [1.82, 2.24) is 19.7 Å². The molecule has 10 heteroatoms. The van der Waals surface area contributed by atoms with Gasteiger partial charge in [0.05, 0.1) is 18.3 Å². The predicted octanol–water partition coefficient (Wildman–Crippen LogP) is 1.11. The maximum absolute atomic E-state index is 12.9. The van der Waals surface area contributed by atoms with Gasteiger partial charge in [-0.1, -0.05) is 6.92 Å². The first-order valence-electron chi connectivity index (χ1n) is 9.40. The van der Waals surface area contributed by atoms with Crippen LogP contribution in [-0.4, -0.2) is 63.5 Å². The van der Waals surface area contributed by atoms with Crippen LogP contribution in [0.25, 0.3) is 0 Å². The van der Waals surface area contributed by atoms with Gasteiger partial charge in [0, 0.05) is 31.0 Å². The van der Waals surface area contributed by atoms with Gasteiger partial charge >= 0.3 is 0 Å². The topological polar surface area (TPSA) is 132 Å². The summed E-state index contributed by atoms with van der Waals surface area (Å²) in [5.74, 6) is -1.45. The van der Waals surface area contributed by atoms with E-state index in [4.69, 9.17) is 10.5 Å². The van der Waals surface area contributed by atoms with Gasteiger partial charge < -0.3 is 15.8 Å². The van der Waals surface area contributed by atoms with Gasteiger partial charge in [-0.3, -0.25) is 24.0 Å². The van der Waals surface area contributed by atoms with Crippen molar-refractivity contribution >= 4 is 23.3 Å². The van der Waals surface area contributed by atoms with Crippen LogP contribution in [0.3, 0.4) is 0 Å². The summed E-state index contributed by atoms with van der Waals surface area (Å²) in [5, 5.41) is 6.91. The maximum Gasteiger partial charge on any atom is 0.271 e.